The predicted molar refractivity (Wildman–Crippen MR) is 116 cm³/mol. The Morgan fingerprint density at radius 1 is 1.30 bits per heavy atom. The number of urea groups is 1. The van der Waals surface area contributed by atoms with Gasteiger partial charge >= 0.3 is 6.03 Å². The molecule has 10 heteroatoms. The molecule has 0 saturated carbocycles. The van der Waals surface area contributed by atoms with E-state index in [1.54, 1.807) is 18.0 Å². The van der Waals surface area contributed by atoms with Crippen molar-refractivity contribution in [3.8, 4) is 5.75 Å². The number of fused-ring (bicyclic) bond motifs is 1. The monoisotopic (exact) mass is 410 g/mol. The fourth-order valence-corrected chi connectivity index (χ4v) is 3.83. The summed E-state index contributed by atoms with van der Waals surface area (Å²) >= 11 is 0. The lowest BCUT2D eigenvalue weighted by Gasteiger charge is -2.40. The van der Waals surface area contributed by atoms with E-state index in [1.807, 2.05) is 37.1 Å². The number of aromatic nitrogens is 4. The molecule has 1 aliphatic heterocycles. The van der Waals surface area contributed by atoms with Crippen molar-refractivity contribution in [2.75, 3.05) is 42.7 Å². The van der Waals surface area contributed by atoms with E-state index < -0.39 is 0 Å². The van der Waals surface area contributed by atoms with Gasteiger partial charge in [0.2, 0.25) is 5.95 Å². The van der Waals surface area contributed by atoms with Crippen molar-refractivity contribution in [1.82, 2.24) is 24.6 Å². The molecule has 1 aliphatic rings. The van der Waals surface area contributed by atoms with E-state index in [-0.39, 0.29) is 18.0 Å². The van der Waals surface area contributed by atoms with Gasteiger partial charge in [-0.25, -0.2) is 9.78 Å². The number of amides is 2. The predicted octanol–water partition coefficient (Wildman–Crippen LogP) is 2.01. The zero-order chi connectivity index (χ0) is 21.4. The zero-order valence-electron chi connectivity index (χ0n) is 17.6. The molecule has 1 fully saturated rings. The largest absolute Gasteiger partial charge is 0.497 e. The molecule has 0 spiro atoms. The summed E-state index contributed by atoms with van der Waals surface area (Å²) in [6, 6.07) is 5.52. The van der Waals surface area contributed by atoms with Gasteiger partial charge < -0.3 is 25.6 Å². The first-order valence-corrected chi connectivity index (χ1v) is 9.80. The van der Waals surface area contributed by atoms with Gasteiger partial charge in [-0.1, -0.05) is 0 Å². The molecule has 0 radical (unpaired) electrons. The Kier molecular flexibility index (Phi) is 5.06. The Bertz CT molecular complexity index is 1100. The Hall–Kier alpha value is -3.56. The van der Waals surface area contributed by atoms with Crippen LogP contribution in [-0.2, 0) is 7.05 Å². The minimum absolute atomic E-state index is 0.0499. The fraction of sp³-hybridized carbons (Fsp3) is 0.400. The Morgan fingerprint density at radius 2 is 2.10 bits per heavy atom. The van der Waals surface area contributed by atoms with E-state index in [0.29, 0.717) is 25.2 Å². The van der Waals surface area contributed by atoms with Crippen molar-refractivity contribution in [1.29, 1.82) is 0 Å². The van der Waals surface area contributed by atoms with E-state index in [9.17, 15) is 4.79 Å². The number of carbonyl (C=O) groups excluding carboxylic acids is 1. The third-order valence-corrected chi connectivity index (χ3v) is 5.45. The van der Waals surface area contributed by atoms with Crippen LogP contribution in [0.4, 0.5) is 22.2 Å². The average Bonchev–Trinajstić information content (AvgIpc) is 3.09. The molecule has 2 aromatic heterocycles. The number of methoxy groups -OCH3 is 1. The van der Waals surface area contributed by atoms with Gasteiger partial charge in [0.05, 0.1) is 13.3 Å². The van der Waals surface area contributed by atoms with Gasteiger partial charge in [0.1, 0.15) is 16.8 Å². The number of nitrogens with one attached hydrogen (secondary N) is 1. The van der Waals surface area contributed by atoms with E-state index in [1.165, 1.54) is 0 Å². The molecular formula is C20H26N8O2. The second-order valence-corrected chi connectivity index (χ2v) is 7.51. The number of rotatable bonds is 3. The molecule has 30 heavy (non-hydrogen) atoms. The molecule has 3 heterocycles. The Balaban J connectivity index is 1.50. The van der Waals surface area contributed by atoms with Crippen molar-refractivity contribution in [3.63, 3.8) is 0 Å². The Morgan fingerprint density at radius 3 is 2.80 bits per heavy atom. The lowest BCUT2D eigenvalue weighted by Crippen LogP contribution is -2.55. The normalized spacial score (nSPS) is 16.7. The van der Waals surface area contributed by atoms with Gasteiger partial charge in [-0.3, -0.25) is 4.68 Å². The van der Waals surface area contributed by atoms with Gasteiger partial charge in [0.15, 0.2) is 5.82 Å². The highest BCUT2D eigenvalue weighted by Crippen LogP contribution is 2.28. The van der Waals surface area contributed by atoms with Crippen molar-refractivity contribution < 1.29 is 9.53 Å². The van der Waals surface area contributed by atoms with Crippen LogP contribution in [0.1, 0.15) is 12.5 Å². The molecule has 0 aliphatic carbocycles. The van der Waals surface area contributed by atoms with Crippen molar-refractivity contribution >= 4 is 34.5 Å². The number of carbonyl (C=O) groups is 1. The number of benzene rings is 1. The maximum Gasteiger partial charge on any atom is 0.321 e. The summed E-state index contributed by atoms with van der Waals surface area (Å²) in [6.07, 6.45) is 1.68. The number of anilines is 3. The van der Waals surface area contributed by atoms with Crippen LogP contribution in [0.2, 0.25) is 0 Å². The molecule has 3 aromatic rings. The number of hydrogen-bond acceptors (Lipinski definition) is 7. The maximum atomic E-state index is 12.8. The van der Waals surface area contributed by atoms with Crippen LogP contribution in [0.5, 0.6) is 5.75 Å². The highest BCUT2D eigenvalue weighted by atomic mass is 16.5. The number of ether oxygens (including phenoxy) is 1. The van der Waals surface area contributed by atoms with Gasteiger partial charge in [0, 0.05) is 38.4 Å². The highest BCUT2D eigenvalue weighted by molar-refractivity contribution is 5.91. The van der Waals surface area contributed by atoms with Crippen LogP contribution in [0.15, 0.2) is 24.4 Å². The summed E-state index contributed by atoms with van der Waals surface area (Å²) in [5.74, 6) is 1.72. The second-order valence-electron chi connectivity index (χ2n) is 7.51. The van der Waals surface area contributed by atoms with Gasteiger partial charge in [0.25, 0.3) is 0 Å². The van der Waals surface area contributed by atoms with Crippen LogP contribution in [0.25, 0.3) is 11.0 Å². The third kappa shape index (κ3) is 3.56. The summed E-state index contributed by atoms with van der Waals surface area (Å²) in [4.78, 5) is 25.6. The number of nitrogen functional groups attached to an aromatic ring is 1. The number of nitrogens with two attached hydrogens (primary N) is 1. The average molecular weight is 410 g/mol. The van der Waals surface area contributed by atoms with Crippen LogP contribution >= 0.6 is 0 Å². The Labute approximate surface area is 174 Å². The molecule has 0 bridgehead atoms. The van der Waals surface area contributed by atoms with Gasteiger partial charge in [-0.2, -0.15) is 10.1 Å². The van der Waals surface area contributed by atoms with E-state index in [2.05, 4.69) is 32.2 Å². The van der Waals surface area contributed by atoms with Crippen LogP contribution < -0.4 is 20.7 Å². The number of piperazine rings is 1. The summed E-state index contributed by atoms with van der Waals surface area (Å²) in [7, 11) is 3.48. The van der Waals surface area contributed by atoms with Gasteiger partial charge in [-0.05, 0) is 37.6 Å². The first kappa shape index (κ1) is 19.7. The summed E-state index contributed by atoms with van der Waals surface area (Å²) in [5.41, 5.74) is 9.18. The molecule has 158 valence electrons. The molecule has 10 nitrogen and oxygen atoms in total. The molecule has 0 unspecified atom stereocenters. The molecule has 4 rings (SSSR count). The van der Waals surface area contributed by atoms with Crippen LogP contribution in [0.3, 0.4) is 0 Å². The molecule has 2 amide bonds. The third-order valence-electron chi connectivity index (χ3n) is 5.45. The zero-order valence-corrected chi connectivity index (χ0v) is 17.6. The van der Waals surface area contributed by atoms with Crippen molar-refractivity contribution in [2.24, 2.45) is 7.05 Å². The maximum absolute atomic E-state index is 12.8. The van der Waals surface area contributed by atoms with E-state index >= 15 is 0 Å². The van der Waals surface area contributed by atoms with E-state index in [0.717, 1.165) is 28.3 Å². The van der Waals surface area contributed by atoms with Gasteiger partial charge in [-0.15, -0.1) is 0 Å². The molecule has 1 aromatic carbocycles. The standard InChI is InChI=1S/C20H26N8O2/c1-12-9-14(30-4)5-6-15(12)24-20(29)27-7-8-28(13(2)11-27)18-17-16(10-22-26(17)3)23-19(21)25-18/h5-6,9-10,13H,7-8,11H2,1-4H3,(H,24,29)(H2,21,23,25)/t13-/m0/s1. The first-order valence-electron chi connectivity index (χ1n) is 9.80. The topological polar surface area (TPSA) is 114 Å². The molecule has 1 atom stereocenters. The number of hydrogen-bond donors (Lipinski definition) is 2. The fourth-order valence-electron chi connectivity index (χ4n) is 3.83. The molecular weight excluding hydrogens is 384 g/mol. The summed E-state index contributed by atoms with van der Waals surface area (Å²) in [5, 5.41) is 7.28. The van der Waals surface area contributed by atoms with Crippen molar-refractivity contribution in [3.05, 3.63) is 30.0 Å². The van der Waals surface area contributed by atoms with Crippen LogP contribution in [-0.4, -0.2) is 63.5 Å². The number of aryl methyl sites for hydroxylation is 2. The molecule has 3 N–H and O–H groups in total. The summed E-state index contributed by atoms with van der Waals surface area (Å²) < 4.78 is 6.98. The lowest BCUT2D eigenvalue weighted by molar-refractivity contribution is 0.200. The first-order chi connectivity index (χ1) is 14.4. The minimum Gasteiger partial charge on any atom is -0.497 e. The lowest BCUT2D eigenvalue weighted by atomic mass is 10.1. The number of nitrogens with zero attached hydrogens (tertiary/aromatic N) is 6. The minimum atomic E-state index is -0.123. The van der Waals surface area contributed by atoms with E-state index in [4.69, 9.17) is 10.5 Å². The smallest absolute Gasteiger partial charge is 0.321 e. The SMILES string of the molecule is COc1ccc(NC(=O)N2CCN(c3nc(N)nc4cnn(C)c34)[C@@H](C)C2)c(C)c1. The second kappa shape index (κ2) is 7.69. The highest BCUT2D eigenvalue weighted by Gasteiger charge is 2.30. The molecule has 1 saturated heterocycles. The van der Waals surface area contributed by atoms with Crippen molar-refractivity contribution in [2.45, 2.75) is 19.9 Å². The summed E-state index contributed by atoms with van der Waals surface area (Å²) in [6.45, 7) is 5.77. The van der Waals surface area contributed by atoms with Crippen LogP contribution in [0, 0.1) is 6.92 Å². The quantitative estimate of drug-likeness (QED) is 0.679.